The topological polar surface area (TPSA) is 81.8 Å². The number of carboxylic acids is 1. The SMILES string of the molecule is Nc1cc(OC2COC2)c(F)cc1C(=O)O. The van der Waals surface area contributed by atoms with Gasteiger partial charge in [0, 0.05) is 6.07 Å². The number of benzene rings is 1. The van der Waals surface area contributed by atoms with Gasteiger partial charge in [-0.2, -0.15) is 0 Å². The molecule has 1 aromatic rings. The Labute approximate surface area is 90.6 Å². The number of hydrogen-bond acceptors (Lipinski definition) is 4. The minimum atomic E-state index is -1.27. The highest BCUT2D eigenvalue weighted by molar-refractivity contribution is 5.93. The number of carboxylic acid groups (broad SMARTS) is 1. The Morgan fingerprint density at radius 1 is 1.56 bits per heavy atom. The summed E-state index contributed by atoms with van der Waals surface area (Å²) in [6, 6.07) is 2.03. The van der Waals surface area contributed by atoms with Crippen LogP contribution in [-0.4, -0.2) is 30.4 Å². The van der Waals surface area contributed by atoms with E-state index in [2.05, 4.69) is 0 Å². The van der Waals surface area contributed by atoms with E-state index in [1.807, 2.05) is 0 Å². The third-order valence-corrected chi connectivity index (χ3v) is 2.24. The number of ether oxygens (including phenoxy) is 2. The lowest BCUT2D eigenvalue weighted by molar-refractivity contribution is -0.0808. The average molecular weight is 227 g/mol. The lowest BCUT2D eigenvalue weighted by atomic mass is 10.1. The number of halogens is 1. The van der Waals surface area contributed by atoms with Gasteiger partial charge in [-0.25, -0.2) is 9.18 Å². The van der Waals surface area contributed by atoms with Gasteiger partial charge in [-0.05, 0) is 6.07 Å². The Hall–Kier alpha value is -1.82. The third kappa shape index (κ3) is 1.92. The summed E-state index contributed by atoms with van der Waals surface area (Å²) in [4.78, 5) is 10.7. The molecule has 0 saturated carbocycles. The molecule has 0 atom stereocenters. The summed E-state index contributed by atoms with van der Waals surface area (Å²) < 4.78 is 23.5. The molecule has 1 aliphatic rings. The van der Waals surface area contributed by atoms with Crippen LogP contribution in [0.1, 0.15) is 10.4 Å². The molecule has 1 saturated heterocycles. The van der Waals surface area contributed by atoms with Crippen molar-refractivity contribution in [3.05, 3.63) is 23.5 Å². The third-order valence-electron chi connectivity index (χ3n) is 2.24. The average Bonchev–Trinajstić information content (AvgIpc) is 2.15. The summed E-state index contributed by atoms with van der Waals surface area (Å²) >= 11 is 0. The van der Waals surface area contributed by atoms with Gasteiger partial charge in [0.15, 0.2) is 11.6 Å². The number of nitrogens with two attached hydrogens (primary N) is 1. The smallest absolute Gasteiger partial charge is 0.337 e. The van der Waals surface area contributed by atoms with E-state index in [1.165, 1.54) is 6.07 Å². The molecular formula is C10H10FNO4. The number of carbonyl (C=O) groups is 1. The van der Waals surface area contributed by atoms with Gasteiger partial charge in [0.25, 0.3) is 0 Å². The van der Waals surface area contributed by atoms with E-state index in [0.717, 1.165) is 6.07 Å². The molecule has 3 N–H and O–H groups in total. The molecule has 86 valence electrons. The number of hydrogen-bond donors (Lipinski definition) is 2. The summed E-state index contributed by atoms with van der Waals surface area (Å²) in [5, 5.41) is 8.71. The van der Waals surface area contributed by atoms with Crippen molar-refractivity contribution < 1.29 is 23.8 Å². The first kappa shape index (κ1) is 10.7. The molecule has 0 aliphatic carbocycles. The van der Waals surface area contributed by atoms with Gasteiger partial charge in [0.05, 0.1) is 24.5 Å². The zero-order valence-corrected chi connectivity index (χ0v) is 8.27. The first-order valence-electron chi connectivity index (χ1n) is 4.64. The second-order valence-electron chi connectivity index (χ2n) is 3.45. The monoisotopic (exact) mass is 227 g/mol. The van der Waals surface area contributed by atoms with Crippen molar-refractivity contribution in [1.29, 1.82) is 0 Å². The molecular weight excluding hydrogens is 217 g/mol. The molecule has 0 unspecified atom stereocenters. The van der Waals surface area contributed by atoms with Gasteiger partial charge in [0.2, 0.25) is 0 Å². The van der Waals surface area contributed by atoms with Gasteiger partial charge in [-0.3, -0.25) is 0 Å². The Kier molecular flexibility index (Phi) is 2.66. The predicted octanol–water partition coefficient (Wildman–Crippen LogP) is 0.884. The lowest BCUT2D eigenvalue weighted by Crippen LogP contribution is -2.38. The van der Waals surface area contributed by atoms with Crippen LogP contribution < -0.4 is 10.5 Å². The van der Waals surface area contributed by atoms with E-state index in [0.29, 0.717) is 13.2 Å². The van der Waals surface area contributed by atoms with Crippen LogP contribution in [-0.2, 0) is 4.74 Å². The molecule has 1 aliphatic heterocycles. The van der Waals surface area contributed by atoms with Crippen molar-refractivity contribution in [2.75, 3.05) is 18.9 Å². The molecule has 0 radical (unpaired) electrons. The summed E-state index contributed by atoms with van der Waals surface area (Å²) in [7, 11) is 0. The van der Waals surface area contributed by atoms with Gasteiger partial charge in [-0.15, -0.1) is 0 Å². The van der Waals surface area contributed by atoms with E-state index in [1.54, 1.807) is 0 Å². The van der Waals surface area contributed by atoms with Crippen LogP contribution in [0.5, 0.6) is 5.75 Å². The standard InChI is InChI=1S/C10H10FNO4/c11-7-1-6(10(13)14)8(12)2-9(7)16-5-3-15-4-5/h1-2,5H,3-4,12H2,(H,13,14). The summed E-state index contributed by atoms with van der Waals surface area (Å²) in [6.07, 6.45) is -0.190. The van der Waals surface area contributed by atoms with Crippen LogP contribution >= 0.6 is 0 Å². The maximum atomic E-state index is 13.4. The minimum absolute atomic E-state index is 0.0239. The summed E-state index contributed by atoms with van der Waals surface area (Å²) in [5.41, 5.74) is 5.17. The van der Waals surface area contributed by atoms with Crippen LogP contribution in [0.25, 0.3) is 0 Å². The van der Waals surface area contributed by atoms with E-state index >= 15 is 0 Å². The van der Waals surface area contributed by atoms with E-state index < -0.39 is 11.8 Å². The quantitative estimate of drug-likeness (QED) is 0.749. The molecule has 0 aromatic heterocycles. The molecule has 5 nitrogen and oxygen atoms in total. The normalized spacial score (nSPS) is 15.6. The van der Waals surface area contributed by atoms with Crippen molar-refractivity contribution in [2.45, 2.75) is 6.10 Å². The highest BCUT2D eigenvalue weighted by atomic mass is 19.1. The molecule has 0 amide bonds. The zero-order chi connectivity index (χ0) is 11.7. The van der Waals surface area contributed by atoms with Crippen LogP contribution in [0.4, 0.5) is 10.1 Å². The highest BCUT2D eigenvalue weighted by Crippen LogP contribution is 2.26. The maximum Gasteiger partial charge on any atom is 0.337 e. The molecule has 1 fully saturated rings. The Balaban J connectivity index is 2.25. The highest BCUT2D eigenvalue weighted by Gasteiger charge is 2.23. The molecule has 2 rings (SSSR count). The maximum absolute atomic E-state index is 13.4. The molecule has 1 heterocycles. The molecule has 16 heavy (non-hydrogen) atoms. The van der Waals surface area contributed by atoms with Gasteiger partial charge in [0.1, 0.15) is 6.10 Å². The van der Waals surface area contributed by atoms with Crippen molar-refractivity contribution in [2.24, 2.45) is 0 Å². The van der Waals surface area contributed by atoms with Crippen molar-refractivity contribution >= 4 is 11.7 Å². The van der Waals surface area contributed by atoms with Gasteiger partial charge < -0.3 is 20.3 Å². The molecule has 1 aromatic carbocycles. The number of anilines is 1. The molecule has 6 heteroatoms. The summed E-state index contributed by atoms with van der Waals surface area (Å²) in [6.45, 7) is 0.806. The van der Waals surface area contributed by atoms with Crippen LogP contribution in [0.2, 0.25) is 0 Å². The fourth-order valence-corrected chi connectivity index (χ4v) is 1.31. The molecule has 0 bridgehead atoms. The van der Waals surface area contributed by atoms with Crippen molar-refractivity contribution in [3.8, 4) is 5.75 Å². The van der Waals surface area contributed by atoms with Crippen molar-refractivity contribution in [1.82, 2.24) is 0 Å². The minimum Gasteiger partial charge on any atom is -0.482 e. The largest absolute Gasteiger partial charge is 0.482 e. The second-order valence-corrected chi connectivity index (χ2v) is 3.45. The summed E-state index contributed by atoms with van der Waals surface area (Å²) in [5.74, 6) is -2.05. The number of aromatic carboxylic acids is 1. The number of rotatable bonds is 3. The lowest BCUT2D eigenvalue weighted by Gasteiger charge is -2.27. The van der Waals surface area contributed by atoms with E-state index in [9.17, 15) is 9.18 Å². The Morgan fingerprint density at radius 2 is 2.25 bits per heavy atom. The predicted molar refractivity (Wildman–Crippen MR) is 53.0 cm³/mol. The van der Waals surface area contributed by atoms with E-state index in [4.69, 9.17) is 20.3 Å². The van der Waals surface area contributed by atoms with Gasteiger partial charge >= 0.3 is 5.97 Å². The van der Waals surface area contributed by atoms with Gasteiger partial charge in [-0.1, -0.05) is 0 Å². The second kappa shape index (κ2) is 3.97. The first-order valence-corrected chi connectivity index (χ1v) is 4.64. The number of nitrogen functional groups attached to an aromatic ring is 1. The zero-order valence-electron chi connectivity index (χ0n) is 8.27. The fourth-order valence-electron chi connectivity index (χ4n) is 1.31. The van der Waals surface area contributed by atoms with Crippen LogP contribution in [0.3, 0.4) is 0 Å². The Morgan fingerprint density at radius 3 is 2.75 bits per heavy atom. The van der Waals surface area contributed by atoms with E-state index in [-0.39, 0.29) is 23.1 Å². The van der Waals surface area contributed by atoms with Crippen molar-refractivity contribution in [3.63, 3.8) is 0 Å². The van der Waals surface area contributed by atoms with Crippen LogP contribution in [0.15, 0.2) is 12.1 Å². The van der Waals surface area contributed by atoms with Crippen LogP contribution in [0, 0.1) is 5.82 Å². The molecule has 0 spiro atoms. The first-order chi connectivity index (χ1) is 7.58. The Bertz CT molecular complexity index is 431. The fraction of sp³-hybridized carbons (Fsp3) is 0.300.